The molecule has 2 fully saturated rings. The van der Waals surface area contributed by atoms with Gasteiger partial charge in [-0.1, -0.05) is 25.0 Å². The van der Waals surface area contributed by atoms with Crippen molar-refractivity contribution < 1.29 is 14.3 Å². The van der Waals surface area contributed by atoms with E-state index >= 15 is 0 Å². The molecule has 7 heteroatoms. The zero-order valence-electron chi connectivity index (χ0n) is 20.8. The van der Waals surface area contributed by atoms with E-state index in [9.17, 15) is 9.59 Å². The molecule has 0 unspecified atom stereocenters. The molecule has 1 aliphatic carbocycles. The first-order valence-corrected chi connectivity index (χ1v) is 12.6. The molecule has 0 spiro atoms. The number of aromatic nitrogens is 2. The molecule has 2 aromatic rings. The van der Waals surface area contributed by atoms with Gasteiger partial charge in [-0.05, 0) is 67.7 Å². The molecule has 0 radical (unpaired) electrons. The normalized spacial score (nSPS) is 18.1. The van der Waals surface area contributed by atoms with Gasteiger partial charge in [-0.25, -0.2) is 0 Å². The van der Waals surface area contributed by atoms with Gasteiger partial charge in [0.2, 0.25) is 5.91 Å². The van der Waals surface area contributed by atoms with Crippen molar-refractivity contribution in [2.45, 2.75) is 57.4 Å². The van der Waals surface area contributed by atoms with E-state index in [-0.39, 0.29) is 11.9 Å². The van der Waals surface area contributed by atoms with Crippen LogP contribution < -0.4 is 4.74 Å². The number of piperidine rings is 1. The van der Waals surface area contributed by atoms with E-state index in [0.29, 0.717) is 29.9 Å². The van der Waals surface area contributed by atoms with Gasteiger partial charge in [-0.3, -0.25) is 14.3 Å². The Morgan fingerprint density at radius 3 is 2.53 bits per heavy atom. The minimum Gasteiger partial charge on any atom is -0.497 e. The molecule has 1 saturated heterocycles. The van der Waals surface area contributed by atoms with Gasteiger partial charge in [-0.2, -0.15) is 5.10 Å². The fraction of sp³-hybridized carbons (Fsp3) is 0.593. The molecule has 184 valence electrons. The van der Waals surface area contributed by atoms with E-state index < -0.39 is 0 Å². The third kappa shape index (κ3) is 5.80. The SMILES string of the molecule is COc1cccc(C[C@@H](C2CCN(C(=O)CC3CCCC3)CC2)N(C)C(=O)c2ccn(C)n2)c1. The molecule has 4 rings (SSSR count). The molecule has 0 N–H and O–H groups in total. The molecule has 1 aromatic carbocycles. The van der Waals surface area contributed by atoms with Crippen LogP contribution in [0.3, 0.4) is 0 Å². The van der Waals surface area contributed by atoms with Crippen LogP contribution in [-0.2, 0) is 18.3 Å². The number of amides is 2. The topological polar surface area (TPSA) is 67.7 Å². The second kappa shape index (κ2) is 11.1. The quantitative estimate of drug-likeness (QED) is 0.591. The highest BCUT2D eigenvalue weighted by Crippen LogP contribution is 2.31. The van der Waals surface area contributed by atoms with Gasteiger partial charge in [0.15, 0.2) is 0 Å². The number of rotatable bonds is 8. The van der Waals surface area contributed by atoms with Crippen molar-refractivity contribution in [3.8, 4) is 5.75 Å². The van der Waals surface area contributed by atoms with Gasteiger partial charge in [-0.15, -0.1) is 0 Å². The van der Waals surface area contributed by atoms with Crippen LogP contribution in [0.15, 0.2) is 36.5 Å². The Hall–Kier alpha value is -2.83. The molecule has 2 aliphatic rings. The lowest BCUT2D eigenvalue weighted by Crippen LogP contribution is -2.48. The Balaban J connectivity index is 1.46. The lowest BCUT2D eigenvalue weighted by Gasteiger charge is -2.40. The van der Waals surface area contributed by atoms with E-state index in [0.717, 1.165) is 43.7 Å². The van der Waals surface area contributed by atoms with Crippen LogP contribution in [0.2, 0.25) is 0 Å². The van der Waals surface area contributed by atoms with Gasteiger partial charge in [0.05, 0.1) is 7.11 Å². The average molecular weight is 467 g/mol. The maximum absolute atomic E-state index is 13.3. The Bertz CT molecular complexity index is 974. The van der Waals surface area contributed by atoms with Gasteiger partial charge < -0.3 is 14.5 Å². The van der Waals surface area contributed by atoms with Gasteiger partial charge in [0.1, 0.15) is 11.4 Å². The summed E-state index contributed by atoms with van der Waals surface area (Å²) >= 11 is 0. The van der Waals surface area contributed by atoms with E-state index in [1.165, 1.54) is 25.7 Å². The molecule has 7 nitrogen and oxygen atoms in total. The first-order chi connectivity index (χ1) is 16.4. The van der Waals surface area contributed by atoms with E-state index in [2.05, 4.69) is 16.1 Å². The summed E-state index contributed by atoms with van der Waals surface area (Å²) in [5.74, 6) is 1.97. The summed E-state index contributed by atoms with van der Waals surface area (Å²) in [6, 6.07) is 9.87. The van der Waals surface area contributed by atoms with Gasteiger partial charge in [0.25, 0.3) is 5.91 Å². The Morgan fingerprint density at radius 2 is 1.88 bits per heavy atom. The zero-order valence-corrected chi connectivity index (χ0v) is 20.8. The predicted octanol–water partition coefficient (Wildman–Crippen LogP) is 3.93. The highest BCUT2D eigenvalue weighted by atomic mass is 16.5. The van der Waals surface area contributed by atoms with E-state index in [1.807, 2.05) is 37.2 Å². The fourth-order valence-electron chi connectivity index (χ4n) is 5.65. The molecule has 34 heavy (non-hydrogen) atoms. The molecular weight excluding hydrogens is 428 g/mol. The molecule has 2 heterocycles. The monoisotopic (exact) mass is 466 g/mol. The van der Waals surface area contributed by atoms with Crippen LogP contribution in [0.1, 0.15) is 61.0 Å². The first kappa shape index (κ1) is 24.3. The third-order valence-electron chi connectivity index (χ3n) is 7.70. The summed E-state index contributed by atoms with van der Waals surface area (Å²) in [4.78, 5) is 30.1. The number of carbonyl (C=O) groups is 2. The number of likely N-dealkylation sites (tertiary alicyclic amines) is 1. The summed E-state index contributed by atoms with van der Waals surface area (Å²) in [5.41, 5.74) is 1.61. The molecule has 1 atom stereocenters. The summed E-state index contributed by atoms with van der Waals surface area (Å²) in [6.45, 7) is 1.55. The number of ether oxygens (including phenoxy) is 1. The zero-order chi connectivity index (χ0) is 24.1. The molecule has 0 bridgehead atoms. The van der Waals surface area contributed by atoms with Crippen LogP contribution in [0, 0.1) is 11.8 Å². The fourth-order valence-corrected chi connectivity index (χ4v) is 5.65. The van der Waals surface area contributed by atoms with Crippen molar-refractivity contribution in [2.24, 2.45) is 18.9 Å². The summed E-state index contributed by atoms with van der Waals surface area (Å²) < 4.78 is 7.08. The first-order valence-electron chi connectivity index (χ1n) is 12.6. The summed E-state index contributed by atoms with van der Waals surface area (Å²) in [7, 11) is 5.38. The Kier molecular flexibility index (Phi) is 7.91. The van der Waals surface area contributed by atoms with Crippen molar-refractivity contribution in [3.63, 3.8) is 0 Å². The van der Waals surface area contributed by atoms with Crippen molar-refractivity contribution in [1.29, 1.82) is 0 Å². The maximum Gasteiger partial charge on any atom is 0.274 e. The second-order valence-electron chi connectivity index (χ2n) is 9.99. The predicted molar refractivity (Wildman–Crippen MR) is 132 cm³/mol. The van der Waals surface area contributed by atoms with Crippen LogP contribution in [0.4, 0.5) is 0 Å². The molecular formula is C27H38N4O3. The number of hydrogen-bond acceptors (Lipinski definition) is 4. The highest BCUT2D eigenvalue weighted by Gasteiger charge is 2.34. The lowest BCUT2D eigenvalue weighted by molar-refractivity contribution is -0.133. The van der Waals surface area contributed by atoms with Crippen LogP contribution >= 0.6 is 0 Å². The largest absolute Gasteiger partial charge is 0.497 e. The molecule has 1 aromatic heterocycles. The average Bonchev–Trinajstić information content (AvgIpc) is 3.53. The van der Waals surface area contributed by atoms with Crippen LogP contribution in [-0.4, -0.2) is 64.7 Å². The van der Waals surface area contributed by atoms with Crippen LogP contribution in [0.5, 0.6) is 5.75 Å². The number of nitrogens with zero attached hydrogens (tertiary/aromatic N) is 4. The Labute approximate surface area is 203 Å². The molecule has 1 saturated carbocycles. The van der Waals surface area contributed by atoms with Crippen LogP contribution in [0.25, 0.3) is 0 Å². The van der Waals surface area contributed by atoms with Crippen molar-refractivity contribution in [3.05, 3.63) is 47.8 Å². The van der Waals surface area contributed by atoms with Crippen molar-refractivity contribution in [1.82, 2.24) is 19.6 Å². The second-order valence-corrected chi connectivity index (χ2v) is 9.99. The molecule has 1 aliphatic heterocycles. The van der Waals surface area contributed by atoms with Gasteiger partial charge >= 0.3 is 0 Å². The van der Waals surface area contributed by atoms with E-state index in [1.54, 1.807) is 24.1 Å². The highest BCUT2D eigenvalue weighted by molar-refractivity contribution is 5.92. The number of likely N-dealkylation sites (N-methyl/N-ethyl adjacent to an activating group) is 1. The van der Waals surface area contributed by atoms with Gasteiger partial charge in [0, 0.05) is 45.8 Å². The van der Waals surface area contributed by atoms with Crippen molar-refractivity contribution >= 4 is 11.8 Å². The smallest absolute Gasteiger partial charge is 0.274 e. The number of aryl methyl sites for hydroxylation is 1. The number of benzene rings is 1. The lowest BCUT2D eigenvalue weighted by atomic mass is 9.84. The van der Waals surface area contributed by atoms with E-state index in [4.69, 9.17) is 4.74 Å². The Morgan fingerprint density at radius 1 is 1.15 bits per heavy atom. The van der Waals surface area contributed by atoms with Crippen molar-refractivity contribution in [2.75, 3.05) is 27.2 Å². The number of hydrogen-bond donors (Lipinski definition) is 0. The summed E-state index contributed by atoms with van der Waals surface area (Å²) in [5, 5.41) is 4.33. The minimum absolute atomic E-state index is 0.0219. The number of methoxy groups -OCH3 is 1. The third-order valence-corrected chi connectivity index (χ3v) is 7.70. The minimum atomic E-state index is -0.0618. The maximum atomic E-state index is 13.3. The summed E-state index contributed by atoms with van der Waals surface area (Å²) in [6.07, 6.45) is 9.99. The molecule has 2 amide bonds. The number of carbonyl (C=O) groups excluding carboxylic acids is 2. The standard InChI is InChI=1S/C27H38N4O3/c1-29-14-13-24(28-29)27(33)30(2)25(18-21-9-6-10-23(17-21)34-3)22-11-15-31(16-12-22)26(32)19-20-7-4-5-8-20/h6,9-10,13-14,17,20,22,25H,4-5,7-8,11-12,15-16,18-19H2,1-3H3/t25-/m0/s1.